The molecule has 1 aromatic rings. The Morgan fingerprint density at radius 2 is 1.91 bits per heavy atom. The standard InChI is InChI=1S/C16H21NO5/c1-21-16(20)10-4-2-9(3-5-10)14-17-12-7-6-11(15(18)19)8-13(12)22-14/h9-11H,2-8H2,1H3,(H,18,19)/t9-,10-,11?. The molecule has 1 atom stereocenters. The van der Waals surface area contributed by atoms with Crippen LogP contribution in [0.4, 0.5) is 0 Å². The van der Waals surface area contributed by atoms with Crippen LogP contribution in [0.15, 0.2) is 4.42 Å². The van der Waals surface area contributed by atoms with E-state index in [0.717, 1.165) is 43.0 Å². The first-order valence-electron chi connectivity index (χ1n) is 7.87. The van der Waals surface area contributed by atoms with Gasteiger partial charge in [0, 0.05) is 12.3 Å². The molecule has 3 rings (SSSR count). The molecule has 0 spiro atoms. The molecule has 1 unspecified atom stereocenters. The van der Waals surface area contributed by atoms with Crippen molar-refractivity contribution in [1.82, 2.24) is 4.98 Å². The van der Waals surface area contributed by atoms with Crippen molar-refractivity contribution >= 4 is 11.9 Å². The zero-order valence-electron chi connectivity index (χ0n) is 12.7. The average Bonchev–Trinajstić information content (AvgIpc) is 2.97. The van der Waals surface area contributed by atoms with Crippen LogP contribution in [0, 0.1) is 11.8 Å². The summed E-state index contributed by atoms with van der Waals surface area (Å²) in [6, 6.07) is 0. The Hall–Kier alpha value is -1.85. The lowest BCUT2D eigenvalue weighted by Gasteiger charge is -2.24. The maximum atomic E-state index is 11.6. The minimum Gasteiger partial charge on any atom is -0.481 e. The molecule has 2 aliphatic carbocycles. The molecular formula is C16H21NO5. The summed E-state index contributed by atoms with van der Waals surface area (Å²) in [5.41, 5.74) is 0.919. The number of carboxylic acid groups (broad SMARTS) is 1. The van der Waals surface area contributed by atoms with Crippen molar-refractivity contribution in [3.05, 3.63) is 17.3 Å². The number of aromatic nitrogens is 1. The number of esters is 1. The van der Waals surface area contributed by atoms with Crippen LogP contribution < -0.4 is 0 Å². The topological polar surface area (TPSA) is 89.6 Å². The summed E-state index contributed by atoms with van der Waals surface area (Å²) in [6.07, 6.45) is 5.05. The number of fused-ring (bicyclic) bond motifs is 1. The van der Waals surface area contributed by atoms with E-state index < -0.39 is 5.97 Å². The fourth-order valence-corrected chi connectivity index (χ4v) is 3.52. The van der Waals surface area contributed by atoms with E-state index in [0.29, 0.717) is 19.3 Å². The van der Waals surface area contributed by atoms with E-state index in [1.165, 1.54) is 7.11 Å². The molecule has 1 saturated carbocycles. The summed E-state index contributed by atoms with van der Waals surface area (Å²) in [5, 5.41) is 9.12. The summed E-state index contributed by atoms with van der Waals surface area (Å²) in [6.45, 7) is 0. The van der Waals surface area contributed by atoms with Crippen molar-refractivity contribution in [2.75, 3.05) is 7.11 Å². The number of aliphatic carboxylic acids is 1. The van der Waals surface area contributed by atoms with Crippen molar-refractivity contribution in [2.45, 2.75) is 50.9 Å². The lowest BCUT2D eigenvalue weighted by atomic mass is 9.82. The van der Waals surface area contributed by atoms with Crippen LogP contribution in [0.1, 0.15) is 55.4 Å². The van der Waals surface area contributed by atoms with E-state index in [1.54, 1.807) is 0 Å². The smallest absolute Gasteiger partial charge is 0.308 e. The molecule has 0 radical (unpaired) electrons. The van der Waals surface area contributed by atoms with Gasteiger partial charge >= 0.3 is 11.9 Å². The number of aryl methyl sites for hydroxylation is 1. The highest BCUT2D eigenvalue weighted by Crippen LogP contribution is 2.38. The average molecular weight is 307 g/mol. The van der Waals surface area contributed by atoms with Gasteiger partial charge in [-0.3, -0.25) is 9.59 Å². The summed E-state index contributed by atoms with van der Waals surface area (Å²) >= 11 is 0. The van der Waals surface area contributed by atoms with Gasteiger partial charge in [0.15, 0.2) is 5.89 Å². The van der Waals surface area contributed by atoms with Crippen LogP contribution >= 0.6 is 0 Å². The number of oxazole rings is 1. The molecule has 0 amide bonds. The highest BCUT2D eigenvalue weighted by Gasteiger charge is 2.33. The van der Waals surface area contributed by atoms with E-state index >= 15 is 0 Å². The van der Waals surface area contributed by atoms with Crippen LogP contribution in [-0.4, -0.2) is 29.1 Å². The molecule has 1 N–H and O–H groups in total. The van der Waals surface area contributed by atoms with E-state index in [9.17, 15) is 9.59 Å². The number of hydrogen-bond acceptors (Lipinski definition) is 5. The lowest BCUT2D eigenvalue weighted by molar-refractivity contribution is -0.146. The van der Waals surface area contributed by atoms with Gasteiger partial charge in [0.2, 0.25) is 0 Å². The van der Waals surface area contributed by atoms with Crippen LogP contribution in [0.3, 0.4) is 0 Å². The molecule has 1 aromatic heterocycles. The molecule has 1 fully saturated rings. The zero-order chi connectivity index (χ0) is 15.7. The molecule has 0 bridgehead atoms. The second kappa shape index (κ2) is 6.10. The maximum absolute atomic E-state index is 11.6. The Labute approximate surface area is 128 Å². The van der Waals surface area contributed by atoms with Gasteiger partial charge in [-0.15, -0.1) is 0 Å². The van der Waals surface area contributed by atoms with Crippen LogP contribution in [0.25, 0.3) is 0 Å². The molecule has 1 heterocycles. The Bertz CT molecular complexity index is 571. The van der Waals surface area contributed by atoms with Gasteiger partial charge in [0.25, 0.3) is 0 Å². The first-order valence-corrected chi connectivity index (χ1v) is 7.87. The largest absolute Gasteiger partial charge is 0.481 e. The highest BCUT2D eigenvalue weighted by atomic mass is 16.5. The molecule has 6 heteroatoms. The number of rotatable bonds is 3. The third-order valence-electron chi connectivity index (χ3n) is 4.92. The SMILES string of the molecule is COC(=O)[C@H]1CC[C@H](c2nc3c(o2)CC(C(=O)O)CC3)CC1. The summed E-state index contributed by atoms with van der Waals surface area (Å²) < 4.78 is 10.7. The van der Waals surface area contributed by atoms with Gasteiger partial charge in [0.1, 0.15) is 5.76 Å². The maximum Gasteiger partial charge on any atom is 0.308 e. The minimum absolute atomic E-state index is 0.0118. The van der Waals surface area contributed by atoms with E-state index in [1.807, 2.05) is 0 Å². The molecule has 0 aromatic carbocycles. The number of ether oxygens (including phenoxy) is 1. The van der Waals surface area contributed by atoms with Crippen molar-refractivity contribution in [1.29, 1.82) is 0 Å². The van der Waals surface area contributed by atoms with E-state index in [-0.39, 0.29) is 23.7 Å². The Kier molecular flexibility index (Phi) is 4.18. The number of methoxy groups -OCH3 is 1. The molecule has 0 saturated heterocycles. The first kappa shape index (κ1) is 15.1. The summed E-state index contributed by atoms with van der Waals surface area (Å²) in [5.74, 6) is 0.431. The number of hydrogen-bond donors (Lipinski definition) is 1. The fraction of sp³-hybridized carbons (Fsp3) is 0.688. The van der Waals surface area contributed by atoms with Gasteiger partial charge < -0.3 is 14.3 Å². The lowest BCUT2D eigenvalue weighted by Crippen LogP contribution is -2.22. The van der Waals surface area contributed by atoms with Crippen molar-refractivity contribution < 1.29 is 23.8 Å². The van der Waals surface area contributed by atoms with Crippen LogP contribution in [-0.2, 0) is 27.2 Å². The number of carboxylic acids is 1. The summed E-state index contributed by atoms with van der Waals surface area (Å²) in [4.78, 5) is 27.2. The predicted molar refractivity (Wildman–Crippen MR) is 76.4 cm³/mol. The molecule has 0 aliphatic heterocycles. The third-order valence-corrected chi connectivity index (χ3v) is 4.92. The second-order valence-corrected chi connectivity index (χ2v) is 6.27. The normalized spacial score (nSPS) is 28.0. The van der Waals surface area contributed by atoms with E-state index in [2.05, 4.69) is 4.98 Å². The third kappa shape index (κ3) is 2.87. The summed E-state index contributed by atoms with van der Waals surface area (Å²) in [7, 11) is 1.43. The molecule has 6 nitrogen and oxygen atoms in total. The van der Waals surface area contributed by atoms with Crippen LogP contribution in [0.2, 0.25) is 0 Å². The Morgan fingerprint density at radius 3 is 2.55 bits per heavy atom. The van der Waals surface area contributed by atoms with Gasteiger partial charge in [0.05, 0.1) is 24.6 Å². The molecule has 22 heavy (non-hydrogen) atoms. The number of carbonyl (C=O) groups is 2. The second-order valence-electron chi connectivity index (χ2n) is 6.27. The van der Waals surface area contributed by atoms with Gasteiger partial charge in [-0.1, -0.05) is 0 Å². The van der Waals surface area contributed by atoms with Crippen LogP contribution in [0.5, 0.6) is 0 Å². The van der Waals surface area contributed by atoms with Gasteiger partial charge in [-0.25, -0.2) is 4.98 Å². The van der Waals surface area contributed by atoms with E-state index in [4.69, 9.17) is 14.3 Å². The van der Waals surface area contributed by atoms with Crippen molar-refractivity contribution in [3.63, 3.8) is 0 Å². The first-order chi connectivity index (χ1) is 10.6. The monoisotopic (exact) mass is 307 g/mol. The fourth-order valence-electron chi connectivity index (χ4n) is 3.52. The van der Waals surface area contributed by atoms with Crippen molar-refractivity contribution in [3.8, 4) is 0 Å². The van der Waals surface area contributed by atoms with Gasteiger partial charge in [-0.2, -0.15) is 0 Å². The molecule has 120 valence electrons. The quantitative estimate of drug-likeness (QED) is 0.862. The van der Waals surface area contributed by atoms with Crippen molar-refractivity contribution in [2.24, 2.45) is 11.8 Å². The Morgan fingerprint density at radius 1 is 1.18 bits per heavy atom. The zero-order valence-corrected chi connectivity index (χ0v) is 12.7. The number of nitrogens with zero attached hydrogens (tertiary/aromatic N) is 1. The minimum atomic E-state index is -0.762. The molecule has 2 aliphatic rings. The number of carbonyl (C=O) groups excluding carboxylic acids is 1. The van der Waals surface area contributed by atoms with Gasteiger partial charge in [-0.05, 0) is 38.5 Å². The highest BCUT2D eigenvalue weighted by molar-refractivity contribution is 5.72. The molecular weight excluding hydrogens is 286 g/mol. The predicted octanol–water partition coefficient (Wildman–Crippen LogP) is 2.31. The Balaban J connectivity index is 1.65.